The van der Waals surface area contributed by atoms with E-state index < -0.39 is 11.6 Å². The summed E-state index contributed by atoms with van der Waals surface area (Å²) in [5.74, 6) is 1.47. The van der Waals surface area contributed by atoms with Crippen LogP contribution in [0.2, 0.25) is 0 Å². The summed E-state index contributed by atoms with van der Waals surface area (Å²) in [5.41, 5.74) is 4.35. The first-order chi connectivity index (χ1) is 19.3. The highest BCUT2D eigenvalue weighted by Crippen LogP contribution is 2.26. The van der Waals surface area contributed by atoms with Crippen molar-refractivity contribution < 1.29 is 14.6 Å². The average molecular weight is 539 g/mol. The second-order valence-corrected chi connectivity index (χ2v) is 10.2. The summed E-state index contributed by atoms with van der Waals surface area (Å²) in [5, 5.41) is 22.7. The van der Waals surface area contributed by atoms with E-state index in [0.29, 0.717) is 22.9 Å². The van der Waals surface area contributed by atoms with Crippen LogP contribution in [0.3, 0.4) is 0 Å². The SMILES string of the molecule is CC(C)(O)c1ccc(-c2cc(NC(=O)Nc3ccc(-c4cn5c(N6CCOCC6)cccc5n4)cc3)n[nH]2)cn1. The quantitative estimate of drug-likeness (QED) is 0.250. The minimum Gasteiger partial charge on any atom is -0.384 e. The maximum atomic E-state index is 12.6. The topological polar surface area (TPSA) is 133 Å². The molecule has 40 heavy (non-hydrogen) atoms. The molecule has 1 saturated heterocycles. The highest BCUT2D eigenvalue weighted by Gasteiger charge is 2.18. The van der Waals surface area contributed by atoms with E-state index in [-0.39, 0.29) is 0 Å². The van der Waals surface area contributed by atoms with Crippen molar-refractivity contribution >= 4 is 29.0 Å². The predicted octanol–water partition coefficient (Wildman–Crippen LogP) is 4.49. The van der Waals surface area contributed by atoms with E-state index in [2.05, 4.69) is 41.2 Å². The average Bonchev–Trinajstić information content (AvgIpc) is 3.61. The van der Waals surface area contributed by atoms with Crippen molar-refractivity contribution in [2.75, 3.05) is 41.8 Å². The number of carbonyl (C=O) groups excluding carboxylic acids is 1. The van der Waals surface area contributed by atoms with E-state index in [1.807, 2.05) is 48.7 Å². The fourth-order valence-corrected chi connectivity index (χ4v) is 4.64. The number of pyridine rings is 2. The molecule has 0 spiro atoms. The molecule has 0 atom stereocenters. The van der Waals surface area contributed by atoms with Gasteiger partial charge in [-0.25, -0.2) is 9.78 Å². The fourth-order valence-electron chi connectivity index (χ4n) is 4.64. The Balaban J connectivity index is 1.10. The molecule has 6 rings (SSSR count). The molecule has 0 unspecified atom stereocenters. The van der Waals surface area contributed by atoms with Gasteiger partial charge in [0, 0.05) is 48.4 Å². The number of aromatic nitrogens is 5. The van der Waals surface area contributed by atoms with Crippen molar-refractivity contribution in [1.82, 2.24) is 24.6 Å². The second kappa shape index (κ2) is 10.4. The van der Waals surface area contributed by atoms with Crippen LogP contribution in [0, 0.1) is 0 Å². The molecular formula is C29H30N8O3. The van der Waals surface area contributed by atoms with E-state index >= 15 is 0 Å². The highest BCUT2D eigenvalue weighted by atomic mass is 16.5. The van der Waals surface area contributed by atoms with E-state index in [1.54, 1.807) is 32.2 Å². The summed E-state index contributed by atoms with van der Waals surface area (Å²) in [6, 6.07) is 18.6. The number of rotatable bonds is 6. The zero-order chi connectivity index (χ0) is 27.7. The van der Waals surface area contributed by atoms with Crippen LogP contribution in [0.4, 0.5) is 22.1 Å². The lowest BCUT2D eigenvalue weighted by atomic mass is 10.0. The van der Waals surface area contributed by atoms with Crippen LogP contribution in [0.25, 0.3) is 28.2 Å². The van der Waals surface area contributed by atoms with Crippen LogP contribution in [0.1, 0.15) is 19.5 Å². The van der Waals surface area contributed by atoms with Crippen LogP contribution < -0.4 is 15.5 Å². The monoisotopic (exact) mass is 538 g/mol. The molecular weight excluding hydrogens is 508 g/mol. The molecule has 2 amide bonds. The normalized spacial score (nSPS) is 13.9. The molecule has 5 heterocycles. The van der Waals surface area contributed by atoms with Crippen molar-refractivity contribution in [3.63, 3.8) is 0 Å². The van der Waals surface area contributed by atoms with Gasteiger partial charge in [-0.1, -0.05) is 18.2 Å². The van der Waals surface area contributed by atoms with Crippen LogP contribution in [-0.4, -0.2) is 62.0 Å². The summed E-state index contributed by atoms with van der Waals surface area (Å²) >= 11 is 0. The van der Waals surface area contributed by atoms with Gasteiger partial charge in [0.1, 0.15) is 17.1 Å². The lowest BCUT2D eigenvalue weighted by Gasteiger charge is -2.29. The van der Waals surface area contributed by atoms with E-state index in [0.717, 1.165) is 54.6 Å². The summed E-state index contributed by atoms with van der Waals surface area (Å²) in [6.45, 7) is 6.50. The molecule has 0 aliphatic carbocycles. The van der Waals surface area contributed by atoms with E-state index in [1.165, 1.54) is 0 Å². The van der Waals surface area contributed by atoms with Crippen LogP contribution >= 0.6 is 0 Å². The number of urea groups is 1. The molecule has 1 aromatic carbocycles. The number of amides is 2. The van der Waals surface area contributed by atoms with Crippen LogP contribution in [0.15, 0.2) is 73.1 Å². The van der Waals surface area contributed by atoms with Gasteiger partial charge in [-0.05, 0) is 50.2 Å². The smallest absolute Gasteiger partial charge is 0.324 e. The van der Waals surface area contributed by atoms with Gasteiger partial charge < -0.3 is 20.1 Å². The number of aromatic amines is 1. The molecule has 4 aromatic heterocycles. The zero-order valence-electron chi connectivity index (χ0n) is 22.3. The third kappa shape index (κ3) is 5.37. The highest BCUT2D eigenvalue weighted by molar-refractivity contribution is 5.99. The number of H-pyrrole nitrogens is 1. The molecule has 5 aromatic rings. The van der Waals surface area contributed by atoms with Crippen molar-refractivity contribution in [1.29, 1.82) is 0 Å². The standard InChI is InChI=1S/C29H30N8O3/c1-29(2,39)24-11-8-20(17-30-24)22-16-25(35-34-22)33-28(38)31-21-9-6-19(7-10-21)23-18-37-26(32-23)4-3-5-27(37)36-12-14-40-15-13-36/h3-11,16-18,39H,12-15H2,1-2H3,(H3,31,33,34,35,38). The number of nitrogens with zero attached hydrogens (tertiary/aromatic N) is 5. The van der Waals surface area contributed by atoms with Gasteiger partial charge >= 0.3 is 6.03 Å². The third-order valence-corrected chi connectivity index (χ3v) is 6.77. The summed E-state index contributed by atoms with van der Waals surface area (Å²) in [7, 11) is 0. The summed E-state index contributed by atoms with van der Waals surface area (Å²) in [4.78, 5) is 24.0. The van der Waals surface area contributed by atoms with Crippen LogP contribution in [-0.2, 0) is 10.3 Å². The van der Waals surface area contributed by atoms with Gasteiger partial charge in [-0.3, -0.25) is 19.8 Å². The Morgan fingerprint density at radius 1 is 1.02 bits per heavy atom. The van der Waals surface area contributed by atoms with Gasteiger partial charge in [0.25, 0.3) is 0 Å². The van der Waals surface area contributed by atoms with Gasteiger partial charge in [-0.15, -0.1) is 0 Å². The Morgan fingerprint density at radius 3 is 2.52 bits per heavy atom. The molecule has 204 valence electrons. The van der Waals surface area contributed by atoms with Crippen molar-refractivity contribution in [3.05, 3.63) is 78.8 Å². The van der Waals surface area contributed by atoms with Crippen molar-refractivity contribution in [3.8, 4) is 22.5 Å². The van der Waals surface area contributed by atoms with Gasteiger partial charge in [0.05, 0.1) is 30.3 Å². The van der Waals surface area contributed by atoms with Gasteiger partial charge in [0.2, 0.25) is 0 Å². The molecule has 11 nitrogen and oxygen atoms in total. The lowest BCUT2D eigenvalue weighted by molar-refractivity contribution is 0.0739. The molecule has 0 radical (unpaired) electrons. The Morgan fingerprint density at radius 2 is 1.80 bits per heavy atom. The number of imidazole rings is 1. The number of morpholine rings is 1. The fraction of sp³-hybridized carbons (Fsp3) is 0.241. The van der Waals surface area contributed by atoms with E-state index in [4.69, 9.17) is 9.72 Å². The maximum Gasteiger partial charge on any atom is 0.324 e. The number of fused-ring (bicyclic) bond motifs is 1. The van der Waals surface area contributed by atoms with Gasteiger partial charge in [0.15, 0.2) is 5.82 Å². The number of hydrogen-bond donors (Lipinski definition) is 4. The van der Waals surface area contributed by atoms with E-state index in [9.17, 15) is 9.90 Å². The number of hydrogen-bond acceptors (Lipinski definition) is 7. The number of ether oxygens (including phenoxy) is 1. The predicted molar refractivity (Wildman–Crippen MR) is 153 cm³/mol. The number of aliphatic hydroxyl groups is 1. The zero-order valence-corrected chi connectivity index (χ0v) is 22.3. The first-order valence-corrected chi connectivity index (χ1v) is 13.1. The third-order valence-electron chi connectivity index (χ3n) is 6.77. The second-order valence-electron chi connectivity index (χ2n) is 10.2. The van der Waals surface area contributed by atoms with Crippen LogP contribution in [0.5, 0.6) is 0 Å². The first kappa shape index (κ1) is 25.5. The number of nitrogens with one attached hydrogen (secondary N) is 3. The first-order valence-electron chi connectivity index (χ1n) is 13.1. The number of anilines is 3. The summed E-state index contributed by atoms with van der Waals surface area (Å²) < 4.78 is 7.60. The van der Waals surface area contributed by atoms with Crippen molar-refractivity contribution in [2.45, 2.75) is 19.4 Å². The Hall–Kier alpha value is -4.74. The Labute approximate surface area is 230 Å². The minimum atomic E-state index is -1.02. The van der Waals surface area contributed by atoms with Gasteiger partial charge in [-0.2, -0.15) is 5.10 Å². The molecule has 1 fully saturated rings. The lowest BCUT2D eigenvalue weighted by Crippen LogP contribution is -2.37. The number of carbonyl (C=O) groups is 1. The minimum absolute atomic E-state index is 0.372. The molecule has 11 heteroatoms. The van der Waals surface area contributed by atoms with Crippen molar-refractivity contribution in [2.24, 2.45) is 0 Å². The maximum absolute atomic E-state index is 12.6. The molecule has 1 aliphatic rings. The Kier molecular flexibility index (Phi) is 6.66. The summed E-state index contributed by atoms with van der Waals surface area (Å²) in [6.07, 6.45) is 3.69. The molecule has 1 aliphatic heterocycles. The number of benzene rings is 1. The molecule has 0 saturated carbocycles. The molecule has 0 bridgehead atoms. The molecule has 4 N–H and O–H groups in total. The Bertz CT molecular complexity index is 1630. The largest absolute Gasteiger partial charge is 0.384 e.